The maximum Gasteiger partial charge on any atom is 0.193 e. The first-order chi connectivity index (χ1) is 12.5. The van der Waals surface area contributed by atoms with Crippen LogP contribution in [0.2, 0.25) is 0 Å². The highest BCUT2D eigenvalue weighted by atomic mass is 16.5. The Morgan fingerprint density at radius 3 is 2.58 bits per heavy atom. The molecule has 1 aromatic rings. The molecule has 0 bridgehead atoms. The highest BCUT2D eigenvalue weighted by Gasteiger charge is 2.32. The predicted octanol–water partition coefficient (Wildman–Crippen LogP) is 2.73. The Bertz CT molecular complexity index is 606. The summed E-state index contributed by atoms with van der Waals surface area (Å²) in [7, 11) is 1.86. The van der Waals surface area contributed by atoms with Crippen molar-refractivity contribution in [2.24, 2.45) is 4.99 Å². The zero-order valence-corrected chi connectivity index (χ0v) is 16.6. The average Bonchev–Trinajstić information content (AvgIpc) is 3.17. The maximum atomic E-state index is 5.96. The first-order valence-corrected chi connectivity index (χ1v) is 9.75. The normalized spacial score (nSPS) is 24.8. The Hall–Kier alpha value is -1.59. The lowest BCUT2D eigenvalue weighted by atomic mass is 9.84. The van der Waals surface area contributed by atoms with Crippen molar-refractivity contribution in [1.82, 2.24) is 10.2 Å². The summed E-state index contributed by atoms with van der Waals surface area (Å²) in [5.74, 6) is 0.955. The van der Waals surface area contributed by atoms with E-state index in [1.807, 2.05) is 7.05 Å². The molecule has 144 valence electrons. The molecular formula is C21H33N3O2. The minimum Gasteiger partial charge on any atom is -0.375 e. The van der Waals surface area contributed by atoms with E-state index >= 15 is 0 Å². The van der Waals surface area contributed by atoms with E-state index in [4.69, 9.17) is 9.47 Å². The van der Waals surface area contributed by atoms with Crippen LogP contribution in [0, 0.1) is 6.92 Å². The van der Waals surface area contributed by atoms with Crippen molar-refractivity contribution in [3.63, 3.8) is 0 Å². The summed E-state index contributed by atoms with van der Waals surface area (Å²) in [6.45, 7) is 10.8. The minimum absolute atomic E-state index is 0.0316. The standard InChI is InChI=1S/C21H33N3O2/c1-16-7-9-17(10-8-16)21(2,3)15-23-20(22-4)24-11-13-26-19(14-24)18-6-5-12-25-18/h7-10,18-19H,5-6,11-15H2,1-4H3,(H,22,23). The van der Waals surface area contributed by atoms with Crippen LogP contribution >= 0.6 is 0 Å². The molecule has 2 aliphatic rings. The largest absolute Gasteiger partial charge is 0.375 e. The molecule has 3 rings (SSSR count). The van der Waals surface area contributed by atoms with Crippen molar-refractivity contribution in [2.45, 2.75) is 51.2 Å². The van der Waals surface area contributed by atoms with Gasteiger partial charge in [-0.25, -0.2) is 0 Å². The van der Waals surface area contributed by atoms with E-state index in [-0.39, 0.29) is 17.6 Å². The number of ether oxygens (including phenoxy) is 2. The van der Waals surface area contributed by atoms with Gasteiger partial charge in [0.05, 0.1) is 12.7 Å². The Balaban J connectivity index is 1.59. The van der Waals surface area contributed by atoms with Gasteiger partial charge in [-0.2, -0.15) is 0 Å². The lowest BCUT2D eigenvalue weighted by Gasteiger charge is -2.38. The molecule has 0 spiro atoms. The SMILES string of the molecule is CN=C(NCC(C)(C)c1ccc(C)cc1)N1CCOC(C2CCCO2)C1. The van der Waals surface area contributed by atoms with Crippen molar-refractivity contribution in [3.05, 3.63) is 35.4 Å². The van der Waals surface area contributed by atoms with Crippen molar-refractivity contribution < 1.29 is 9.47 Å². The molecule has 0 saturated carbocycles. The molecule has 2 heterocycles. The molecule has 1 aromatic carbocycles. The number of benzene rings is 1. The highest BCUT2D eigenvalue weighted by molar-refractivity contribution is 5.80. The van der Waals surface area contributed by atoms with Gasteiger partial charge in [-0.1, -0.05) is 43.7 Å². The van der Waals surface area contributed by atoms with Crippen LogP contribution in [0.4, 0.5) is 0 Å². The Morgan fingerprint density at radius 1 is 1.19 bits per heavy atom. The van der Waals surface area contributed by atoms with E-state index in [2.05, 4.69) is 60.2 Å². The van der Waals surface area contributed by atoms with Crippen molar-refractivity contribution in [1.29, 1.82) is 0 Å². The number of aryl methyl sites for hydroxylation is 1. The van der Waals surface area contributed by atoms with Gasteiger partial charge in [-0.3, -0.25) is 4.99 Å². The molecule has 2 saturated heterocycles. The van der Waals surface area contributed by atoms with Crippen molar-refractivity contribution >= 4 is 5.96 Å². The van der Waals surface area contributed by atoms with Gasteiger partial charge in [0.1, 0.15) is 6.10 Å². The zero-order valence-electron chi connectivity index (χ0n) is 16.6. The third-order valence-corrected chi connectivity index (χ3v) is 5.51. The third kappa shape index (κ3) is 4.57. The van der Waals surface area contributed by atoms with Gasteiger partial charge < -0.3 is 19.7 Å². The van der Waals surface area contributed by atoms with Crippen molar-refractivity contribution in [2.75, 3.05) is 39.9 Å². The quantitative estimate of drug-likeness (QED) is 0.663. The zero-order chi connectivity index (χ0) is 18.6. The van der Waals surface area contributed by atoms with E-state index < -0.39 is 0 Å². The van der Waals surface area contributed by atoms with E-state index in [0.717, 1.165) is 51.6 Å². The Kier molecular flexibility index (Phi) is 6.20. The maximum absolute atomic E-state index is 5.96. The monoisotopic (exact) mass is 359 g/mol. The molecular weight excluding hydrogens is 326 g/mol. The molecule has 1 N–H and O–H groups in total. The number of rotatable bonds is 4. The van der Waals surface area contributed by atoms with Crippen LogP contribution in [0.3, 0.4) is 0 Å². The summed E-state index contributed by atoms with van der Waals surface area (Å²) in [5.41, 5.74) is 2.66. The number of aliphatic imine (C=N–C) groups is 1. The summed E-state index contributed by atoms with van der Waals surface area (Å²) < 4.78 is 11.8. The summed E-state index contributed by atoms with van der Waals surface area (Å²) in [5, 5.41) is 3.58. The van der Waals surface area contributed by atoms with Gasteiger partial charge in [0, 0.05) is 38.7 Å². The number of nitrogens with zero attached hydrogens (tertiary/aromatic N) is 2. The average molecular weight is 360 g/mol. The van der Waals surface area contributed by atoms with Crippen LogP contribution in [0.1, 0.15) is 37.8 Å². The molecule has 2 unspecified atom stereocenters. The fourth-order valence-corrected chi connectivity index (χ4v) is 3.73. The second-order valence-corrected chi connectivity index (χ2v) is 8.06. The van der Waals surface area contributed by atoms with Gasteiger partial charge in [0.2, 0.25) is 0 Å². The lowest BCUT2D eigenvalue weighted by molar-refractivity contribution is -0.0817. The molecule has 0 amide bonds. The number of hydrogen-bond acceptors (Lipinski definition) is 3. The number of morpholine rings is 1. The lowest BCUT2D eigenvalue weighted by Crippen LogP contribution is -2.54. The van der Waals surface area contributed by atoms with Crippen molar-refractivity contribution in [3.8, 4) is 0 Å². The molecule has 0 radical (unpaired) electrons. The third-order valence-electron chi connectivity index (χ3n) is 5.51. The highest BCUT2D eigenvalue weighted by Crippen LogP contribution is 2.23. The summed E-state index contributed by atoms with van der Waals surface area (Å²) in [6.07, 6.45) is 2.63. The molecule has 2 fully saturated rings. The second kappa shape index (κ2) is 8.40. The second-order valence-electron chi connectivity index (χ2n) is 8.06. The minimum atomic E-state index is 0.0316. The molecule has 5 heteroatoms. The van der Waals surface area contributed by atoms with E-state index in [9.17, 15) is 0 Å². The fraction of sp³-hybridized carbons (Fsp3) is 0.667. The van der Waals surface area contributed by atoms with Gasteiger partial charge in [0.25, 0.3) is 0 Å². The topological polar surface area (TPSA) is 46.1 Å². The number of hydrogen-bond donors (Lipinski definition) is 1. The molecule has 0 aliphatic carbocycles. The predicted molar refractivity (Wildman–Crippen MR) is 106 cm³/mol. The van der Waals surface area contributed by atoms with E-state index in [1.165, 1.54) is 11.1 Å². The Labute approximate surface area is 157 Å². The van der Waals surface area contributed by atoms with Crippen LogP contribution in [-0.4, -0.2) is 63.0 Å². The van der Waals surface area contributed by atoms with Crippen LogP contribution in [0.15, 0.2) is 29.3 Å². The summed E-state index contributed by atoms with van der Waals surface area (Å²) >= 11 is 0. The van der Waals surface area contributed by atoms with Gasteiger partial charge in [-0.05, 0) is 25.3 Å². The van der Waals surface area contributed by atoms with Crippen LogP contribution in [0.5, 0.6) is 0 Å². The molecule has 5 nitrogen and oxygen atoms in total. The van der Waals surface area contributed by atoms with E-state index in [0.29, 0.717) is 0 Å². The van der Waals surface area contributed by atoms with E-state index in [1.54, 1.807) is 0 Å². The Morgan fingerprint density at radius 2 is 1.92 bits per heavy atom. The first-order valence-electron chi connectivity index (χ1n) is 9.75. The number of guanidine groups is 1. The van der Waals surface area contributed by atoms with Crippen LogP contribution in [-0.2, 0) is 14.9 Å². The van der Waals surface area contributed by atoms with Gasteiger partial charge in [0.15, 0.2) is 5.96 Å². The first kappa shape index (κ1) is 19.2. The molecule has 2 aliphatic heterocycles. The van der Waals surface area contributed by atoms with Gasteiger partial charge >= 0.3 is 0 Å². The molecule has 26 heavy (non-hydrogen) atoms. The van der Waals surface area contributed by atoms with Crippen LogP contribution in [0.25, 0.3) is 0 Å². The van der Waals surface area contributed by atoms with Crippen LogP contribution < -0.4 is 5.32 Å². The summed E-state index contributed by atoms with van der Waals surface area (Å²) in [6, 6.07) is 8.81. The number of nitrogens with one attached hydrogen (secondary N) is 1. The summed E-state index contributed by atoms with van der Waals surface area (Å²) in [4.78, 5) is 6.83. The molecule has 0 aromatic heterocycles. The van der Waals surface area contributed by atoms with Gasteiger partial charge in [-0.15, -0.1) is 0 Å². The fourth-order valence-electron chi connectivity index (χ4n) is 3.73. The molecule has 2 atom stereocenters. The smallest absolute Gasteiger partial charge is 0.193 e.